The largest absolute Gasteiger partial charge is 0.369 e. The molecule has 0 spiro atoms. The van der Waals surface area contributed by atoms with Gasteiger partial charge in [0, 0.05) is 0 Å². The van der Waals surface area contributed by atoms with E-state index in [1.54, 1.807) is 0 Å². The Morgan fingerprint density at radius 1 is 0.700 bits per heavy atom. The molecule has 1 nitrogen and oxygen atoms in total. The van der Waals surface area contributed by atoms with E-state index in [0.717, 1.165) is 6.42 Å². The number of epoxide rings is 1. The molecule has 0 amide bonds. The van der Waals surface area contributed by atoms with E-state index in [4.69, 9.17) is 4.74 Å². The first-order valence-electron chi connectivity index (χ1n) is 9.19. The van der Waals surface area contributed by atoms with Crippen molar-refractivity contribution in [2.24, 2.45) is 0 Å². The lowest BCUT2D eigenvalue weighted by Gasteiger charge is -1.98. The summed E-state index contributed by atoms with van der Waals surface area (Å²) in [5.41, 5.74) is 0. The summed E-state index contributed by atoms with van der Waals surface area (Å²) < 4.78 is 5.69. The summed E-state index contributed by atoms with van der Waals surface area (Å²) in [6.45, 7) is 4.54. The first-order chi connectivity index (χ1) is 9.88. The van der Waals surface area contributed by atoms with Crippen molar-refractivity contribution >= 4 is 0 Å². The maximum Gasteiger partial charge on any atom is 0.0876 e. The van der Waals surface area contributed by atoms with Gasteiger partial charge in [-0.1, -0.05) is 83.8 Å². The Balaban J connectivity index is 1.79. The van der Waals surface area contributed by atoms with E-state index in [0.29, 0.717) is 12.2 Å². The van der Waals surface area contributed by atoms with Gasteiger partial charge in [0.25, 0.3) is 0 Å². The van der Waals surface area contributed by atoms with E-state index < -0.39 is 0 Å². The van der Waals surface area contributed by atoms with Crippen molar-refractivity contribution in [3.8, 4) is 0 Å². The van der Waals surface area contributed by atoms with E-state index in [9.17, 15) is 0 Å². The van der Waals surface area contributed by atoms with Crippen molar-refractivity contribution in [1.82, 2.24) is 0 Å². The Labute approximate surface area is 127 Å². The van der Waals surface area contributed by atoms with Gasteiger partial charge in [0.05, 0.1) is 12.2 Å². The van der Waals surface area contributed by atoms with Crippen molar-refractivity contribution in [2.45, 2.75) is 110 Å². The fourth-order valence-electron chi connectivity index (χ4n) is 2.80. The molecule has 0 aromatic carbocycles. The molecule has 0 radical (unpaired) electrons. The molecular formula is C19H36O. The molecule has 0 saturated carbocycles. The van der Waals surface area contributed by atoms with Crippen molar-refractivity contribution < 1.29 is 4.74 Å². The molecule has 0 aromatic heterocycles. The lowest BCUT2D eigenvalue weighted by atomic mass is 10.1. The standard InChI is InChI=1S/C19H36O/c1-3-5-7-8-9-10-11-12-13-15-17-19-18(20-19)16-14-6-4-2/h13,15,18-19H,3-12,14,16-17H2,1-2H3/b15-13-/t18-,19-/m1/s1. The molecule has 1 heteroatoms. The van der Waals surface area contributed by atoms with Crippen molar-refractivity contribution in [3.63, 3.8) is 0 Å². The average molecular weight is 280 g/mol. The van der Waals surface area contributed by atoms with E-state index in [1.807, 2.05) is 0 Å². The Kier molecular flexibility index (Phi) is 11.0. The molecule has 1 heterocycles. The zero-order valence-corrected chi connectivity index (χ0v) is 13.9. The first kappa shape index (κ1) is 17.8. The molecule has 1 aliphatic heterocycles. The first-order valence-corrected chi connectivity index (χ1v) is 9.19. The molecule has 20 heavy (non-hydrogen) atoms. The summed E-state index contributed by atoms with van der Waals surface area (Å²) >= 11 is 0. The topological polar surface area (TPSA) is 12.5 Å². The quantitative estimate of drug-likeness (QED) is 0.203. The summed E-state index contributed by atoms with van der Waals surface area (Å²) in [4.78, 5) is 0. The molecule has 1 fully saturated rings. The Bertz CT molecular complexity index is 234. The SMILES string of the molecule is CCCCCCCCC/C=C\C[C@H]1O[C@@H]1CCCCC. The van der Waals surface area contributed by atoms with Crippen molar-refractivity contribution in [2.75, 3.05) is 0 Å². The lowest BCUT2D eigenvalue weighted by Crippen LogP contribution is -1.92. The Morgan fingerprint density at radius 2 is 1.35 bits per heavy atom. The van der Waals surface area contributed by atoms with Crippen LogP contribution in [0.3, 0.4) is 0 Å². The van der Waals surface area contributed by atoms with Gasteiger partial charge in [-0.15, -0.1) is 0 Å². The number of ether oxygens (including phenoxy) is 1. The smallest absolute Gasteiger partial charge is 0.0876 e. The molecule has 0 aromatic rings. The molecule has 2 atom stereocenters. The predicted molar refractivity (Wildman–Crippen MR) is 89.2 cm³/mol. The van der Waals surface area contributed by atoms with Gasteiger partial charge in [-0.05, 0) is 25.7 Å². The average Bonchev–Trinajstić information content (AvgIpc) is 3.20. The van der Waals surface area contributed by atoms with Gasteiger partial charge in [-0.2, -0.15) is 0 Å². The second kappa shape index (κ2) is 12.4. The Morgan fingerprint density at radius 3 is 2.10 bits per heavy atom. The van der Waals surface area contributed by atoms with Crippen molar-refractivity contribution in [1.29, 1.82) is 0 Å². The van der Waals surface area contributed by atoms with Gasteiger partial charge >= 0.3 is 0 Å². The third-order valence-corrected chi connectivity index (χ3v) is 4.29. The highest BCUT2D eigenvalue weighted by molar-refractivity contribution is 4.93. The van der Waals surface area contributed by atoms with Crippen LogP contribution in [0, 0.1) is 0 Å². The van der Waals surface area contributed by atoms with E-state index in [2.05, 4.69) is 26.0 Å². The van der Waals surface area contributed by atoms with Gasteiger partial charge < -0.3 is 4.74 Å². The molecule has 1 aliphatic rings. The van der Waals surface area contributed by atoms with Crippen LogP contribution >= 0.6 is 0 Å². The summed E-state index contributed by atoms with van der Waals surface area (Å²) in [7, 11) is 0. The molecule has 1 saturated heterocycles. The van der Waals surface area contributed by atoms with E-state index >= 15 is 0 Å². The van der Waals surface area contributed by atoms with Crippen LogP contribution in [0.5, 0.6) is 0 Å². The van der Waals surface area contributed by atoms with E-state index in [-0.39, 0.29) is 0 Å². The molecule has 0 bridgehead atoms. The molecule has 118 valence electrons. The van der Waals surface area contributed by atoms with Crippen LogP contribution in [0.1, 0.15) is 97.3 Å². The van der Waals surface area contributed by atoms with Crippen LogP contribution in [-0.2, 0) is 4.74 Å². The predicted octanol–water partition coefficient (Wildman–Crippen LogP) is 6.42. The minimum Gasteiger partial charge on any atom is -0.369 e. The zero-order valence-electron chi connectivity index (χ0n) is 13.9. The number of hydrogen-bond donors (Lipinski definition) is 0. The zero-order chi connectivity index (χ0) is 14.5. The minimum atomic E-state index is 0.553. The van der Waals surface area contributed by atoms with Crippen LogP contribution in [0.4, 0.5) is 0 Å². The molecule has 1 rings (SSSR count). The second-order valence-electron chi connectivity index (χ2n) is 6.33. The fraction of sp³-hybridized carbons (Fsp3) is 0.895. The number of unbranched alkanes of at least 4 members (excludes halogenated alkanes) is 9. The number of allylic oxidation sites excluding steroid dienone is 1. The van der Waals surface area contributed by atoms with Gasteiger partial charge in [-0.25, -0.2) is 0 Å². The highest BCUT2D eigenvalue weighted by Crippen LogP contribution is 2.30. The minimum absolute atomic E-state index is 0.553. The maximum atomic E-state index is 5.69. The molecule has 0 unspecified atom stereocenters. The van der Waals surface area contributed by atoms with Gasteiger partial charge in [-0.3, -0.25) is 0 Å². The van der Waals surface area contributed by atoms with E-state index in [1.165, 1.54) is 77.0 Å². The summed E-state index contributed by atoms with van der Waals surface area (Å²) in [6, 6.07) is 0. The molecular weight excluding hydrogens is 244 g/mol. The van der Waals surface area contributed by atoms with Gasteiger partial charge in [0.1, 0.15) is 0 Å². The van der Waals surface area contributed by atoms with Crippen LogP contribution in [0.15, 0.2) is 12.2 Å². The number of rotatable bonds is 14. The van der Waals surface area contributed by atoms with Crippen LogP contribution in [0.2, 0.25) is 0 Å². The summed E-state index contributed by atoms with van der Waals surface area (Å²) in [6.07, 6.45) is 23.4. The third kappa shape index (κ3) is 9.58. The third-order valence-electron chi connectivity index (χ3n) is 4.29. The van der Waals surface area contributed by atoms with Gasteiger partial charge in [0.15, 0.2) is 0 Å². The normalized spacial score (nSPS) is 21.7. The van der Waals surface area contributed by atoms with Crippen LogP contribution in [-0.4, -0.2) is 12.2 Å². The van der Waals surface area contributed by atoms with Gasteiger partial charge in [0.2, 0.25) is 0 Å². The fourth-order valence-corrected chi connectivity index (χ4v) is 2.80. The summed E-state index contributed by atoms with van der Waals surface area (Å²) in [5.74, 6) is 0. The molecule has 0 N–H and O–H groups in total. The second-order valence-corrected chi connectivity index (χ2v) is 6.33. The molecule has 0 aliphatic carbocycles. The lowest BCUT2D eigenvalue weighted by molar-refractivity contribution is 0.359. The van der Waals surface area contributed by atoms with Crippen LogP contribution in [0.25, 0.3) is 0 Å². The van der Waals surface area contributed by atoms with Crippen LogP contribution < -0.4 is 0 Å². The van der Waals surface area contributed by atoms with Crippen molar-refractivity contribution in [3.05, 3.63) is 12.2 Å². The summed E-state index contributed by atoms with van der Waals surface area (Å²) in [5, 5.41) is 0. The number of hydrogen-bond acceptors (Lipinski definition) is 1. The Hall–Kier alpha value is -0.300. The maximum absolute atomic E-state index is 5.69. The highest BCUT2D eigenvalue weighted by atomic mass is 16.6. The monoisotopic (exact) mass is 280 g/mol. The highest BCUT2D eigenvalue weighted by Gasteiger charge is 2.36.